The smallest absolute Gasteiger partial charge is 0.294 e. The second-order valence-electron chi connectivity index (χ2n) is 4.91. The quantitative estimate of drug-likeness (QED) is 0.638. The van der Waals surface area contributed by atoms with Crippen LogP contribution in [0.25, 0.3) is 0 Å². The summed E-state index contributed by atoms with van der Waals surface area (Å²) >= 11 is 6.90. The molecule has 122 valence electrons. The summed E-state index contributed by atoms with van der Waals surface area (Å²) < 4.78 is 0.902. The molecule has 2 rings (SSSR count). The van der Waals surface area contributed by atoms with Gasteiger partial charge in [-0.05, 0) is 24.6 Å². The van der Waals surface area contributed by atoms with E-state index in [-0.39, 0.29) is 22.5 Å². The number of hydrogen-bond donors (Lipinski definition) is 1. The van der Waals surface area contributed by atoms with Gasteiger partial charge in [-0.1, -0.05) is 35.5 Å². The molecule has 2 aromatic rings. The Hall–Kier alpha value is -2.06. The van der Waals surface area contributed by atoms with Crippen LogP contribution in [0.5, 0.6) is 0 Å². The van der Waals surface area contributed by atoms with E-state index in [1.54, 1.807) is 24.1 Å². The molecule has 1 aromatic carbocycles. The van der Waals surface area contributed by atoms with Crippen molar-refractivity contribution in [2.75, 3.05) is 18.6 Å². The Kier molecular flexibility index (Phi) is 5.62. The minimum atomic E-state index is -0.426. The van der Waals surface area contributed by atoms with Crippen LogP contribution in [0, 0.1) is 6.92 Å². The Morgan fingerprint density at radius 2 is 2.00 bits per heavy atom. The molecule has 1 amide bonds. The number of hydrogen-bond acceptors (Lipinski definition) is 6. The van der Waals surface area contributed by atoms with E-state index < -0.39 is 5.56 Å². The van der Waals surface area contributed by atoms with E-state index >= 15 is 0 Å². The fraction of sp³-hybridized carbons (Fsp3) is 0.286. The van der Waals surface area contributed by atoms with Crippen LogP contribution in [0.15, 0.2) is 34.2 Å². The summed E-state index contributed by atoms with van der Waals surface area (Å²) in [6, 6.07) is 7.28. The molecule has 0 aliphatic heterocycles. The summed E-state index contributed by atoms with van der Waals surface area (Å²) in [6.07, 6.45) is 0. The van der Waals surface area contributed by atoms with E-state index in [1.165, 1.54) is 6.92 Å². The van der Waals surface area contributed by atoms with E-state index in [1.807, 2.05) is 12.1 Å². The molecular formula is C14H16ClN5O2S. The number of aromatic nitrogens is 3. The van der Waals surface area contributed by atoms with E-state index in [2.05, 4.69) is 10.2 Å². The van der Waals surface area contributed by atoms with Crippen molar-refractivity contribution in [1.29, 1.82) is 0 Å². The number of thioether (sulfide) groups is 1. The first-order valence-corrected chi connectivity index (χ1v) is 8.07. The lowest BCUT2D eigenvalue weighted by molar-refractivity contribution is -0.127. The fourth-order valence-electron chi connectivity index (χ4n) is 1.76. The van der Waals surface area contributed by atoms with Gasteiger partial charge in [0.2, 0.25) is 11.1 Å². The van der Waals surface area contributed by atoms with Crippen molar-refractivity contribution in [3.8, 4) is 0 Å². The number of benzene rings is 1. The monoisotopic (exact) mass is 353 g/mol. The molecule has 0 spiro atoms. The number of rotatable bonds is 5. The fourth-order valence-corrected chi connectivity index (χ4v) is 2.68. The van der Waals surface area contributed by atoms with Crippen LogP contribution in [0.2, 0.25) is 5.02 Å². The number of carbonyl (C=O) groups excluding carboxylic acids is 1. The summed E-state index contributed by atoms with van der Waals surface area (Å²) in [5, 5.41) is 8.40. The van der Waals surface area contributed by atoms with Gasteiger partial charge in [0.25, 0.3) is 5.56 Å². The molecule has 1 aromatic heterocycles. The number of nitrogens with zero attached hydrogens (tertiary/aromatic N) is 4. The number of aryl methyl sites for hydroxylation is 1. The molecule has 0 saturated carbocycles. The Labute approximate surface area is 142 Å². The third kappa shape index (κ3) is 4.46. The van der Waals surface area contributed by atoms with Crippen LogP contribution < -0.4 is 11.4 Å². The second-order valence-corrected chi connectivity index (χ2v) is 6.29. The molecular weight excluding hydrogens is 338 g/mol. The minimum Gasteiger partial charge on any atom is -0.341 e. The largest absolute Gasteiger partial charge is 0.341 e. The Morgan fingerprint density at radius 1 is 1.35 bits per heavy atom. The third-order valence-corrected chi connectivity index (χ3v) is 4.28. The average Bonchev–Trinajstić information content (AvgIpc) is 2.53. The van der Waals surface area contributed by atoms with Crippen molar-refractivity contribution >= 4 is 29.3 Å². The maximum atomic E-state index is 12.2. The van der Waals surface area contributed by atoms with Gasteiger partial charge in [0, 0.05) is 18.6 Å². The molecule has 0 fully saturated rings. The zero-order valence-corrected chi connectivity index (χ0v) is 14.3. The number of halogens is 1. The van der Waals surface area contributed by atoms with E-state index in [4.69, 9.17) is 17.4 Å². The molecule has 1 heterocycles. The zero-order chi connectivity index (χ0) is 17.0. The van der Waals surface area contributed by atoms with Crippen LogP contribution in [-0.2, 0) is 11.3 Å². The van der Waals surface area contributed by atoms with Gasteiger partial charge in [-0.3, -0.25) is 9.59 Å². The maximum absolute atomic E-state index is 12.2. The number of nitrogens with two attached hydrogens (primary N) is 1. The molecule has 0 saturated heterocycles. The number of carbonyl (C=O) groups is 1. The highest BCUT2D eigenvalue weighted by Gasteiger charge is 2.13. The molecule has 7 nitrogen and oxygen atoms in total. The summed E-state index contributed by atoms with van der Waals surface area (Å²) in [4.78, 5) is 25.4. The lowest BCUT2D eigenvalue weighted by atomic mass is 10.2. The zero-order valence-electron chi connectivity index (χ0n) is 12.7. The van der Waals surface area contributed by atoms with Crippen LogP contribution in [-0.4, -0.2) is 38.5 Å². The first-order valence-electron chi connectivity index (χ1n) is 6.71. The highest BCUT2D eigenvalue weighted by atomic mass is 35.5. The van der Waals surface area contributed by atoms with Gasteiger partial charge in [0.1, 0.15) is 5.69 Å². The van der Waals surface area contributed by atoms with Gasteiger partial charge in [-0.2, -0.15) is 4.68 Å². The molecule has 0 bridgehead atoms. The summed E-state index contributed by atoms with van der Waals surface area (Å²) in [5.74, 6) is 5.63. The van der Waals surface area contributed by atoms with Crippen molar-refractivity contribution < 1.29 is 4.79 Å². The first kappa shape index (κ1) is 17.3. The van der Waals surface area contributed by atoms with Gasteiger partial charge in [-0.25, -0.2) is 0 Å². The van der Waals surface area contributed by atoms with Crippen LogP contribution in [0.1, 0.15) is 11.3 Å². The average molecular weight is 354 g/mol. The predicted molar refractivity (Wildman–Crippen MR) is 89.8 cm³/mol. The molecule has 0 atom stereocenters. The van der Waals surface area contributed by atoms with Crippen LogP contribution >= 0.6 is 23.4 Å². The Bertz CT molecular complexity index is 763. The van der Waals surface area contributed by atoms with Crippen LogP contribution in [0.4, 0.5) is 0 Å². The van der Waals surface area contributed by atoms with E-state index in [0.29, 0.717) is 11.6 Å². The maximum Gasteiger partial charge on any atom is 0.294 e. The SMILES string of the molecule is Cc1nnc(SCC(=O)N(C)Cc2ccc(Cl)cc2)n(N)c1=O. The number of amides is 1. The highest BCUT2D eigenvalue weighted by Crippen LogP contribution is 2.14. The van der Waals surface area contributed by atoms with E-state index in [0.717, 1.165) is 22.0 Å². The van der Waals surface area contributed by atoms with Crippen LogP contribution in [0.3, 0.4) is 0 Å². The molecule has 0 unspecified atom stereocenters. The summed E-state index contributed by atoms with van der Waals surface area (Å²) in [7, 11) is 1.70. The summed E-state index contributed by atoms with van der Waals surface area (Å²) in [5.41, 5.74) is 0.758. The lowest BCUT2D eigenvalue weighted by Crippen LogP contribution is -2.33. The molecule has 0 radical (unpaired) electrons. The summed E-state index contributed by atoms with van der Waals surface area (Å²) in [6.45, 7) is 1.99. The molecule has 0 aliphatic rings. The van der Waals surface area contributed by atoms with Crippen molar-refractivity contribution in [3.05, 3.63) is 50.9 Å². The van der Waals surface area contributed by atoms with Crippen molar-refractivity contribution in [2.45, 2.75) is 18.6 Å². The molecule has 0 aliphatic carbocycles. The Balaban J connectivity index is 1.95. The van der Waals surface area contributed by atoms with Gasteiger partial charge in [0.05, 0.1) is 5.75 Å². The van der Waals surface area contributed by atoms with Crippen molar-refractivity contribution in [3.63, 3.8) is 0 Å². The van der Waals surface area contributed by atoms with E-state index in [9.17, 15) is 9.59 Å². The normalized spacial score (nSPS) is 10.6. The molecule has 2 N–H and O–H groups in total. The first-order chi connectivity index (χ1) is 10.9. The highest BCUT2D eigenvalue weighted by molar-refractivity contribution is 7.99. The minimum absolute atomic E-state index is 0.110. The number of nitrogen functional groups attached to an aromatic ring is 1. The van der Waals surface area contributed by atoms with Crippen molar-refractivity contribution in [2.24, 2.45) is 0 Å². The Morgan fingerprint density at radius 3 is 2.65 bits per heavy atom. The topological polar surface area (TPSA) is 94.1 Å². The molecule has 23 heavy (non-hydrogen) atoms. The lowest BCUT2D eigenvalue weighted by Gasteiger charge is -2.17. The van der Waals surface area contributed by atoms with Gasteiger partial charge in [-0.15, -0.1) is 10.2 Å². The van der Waals surface area contributed by atoms with Crippen molar-refractivity contribution in [1.82, 2.24) is 19.8 Å². The third-order valence-electron chi connectivity index (χ3n) is 3.10. The predicted octanol–water partition coefficient (Wildman–Crippen LogP) is 1.06. The second kappa shape index (κ2) is 7.47. The standard InChI is InChI=1S/C14H16ClN5O2S/c1-9-13(22)20(16)14(18-17-9)23-8-12(21)19(2)7-10-3-5-11(15)6-4-10/h3-6H,7-8,16H2,1-2H3. The van der Waals surface area contributed by atoms with Gasteiger partial charge >= 0.3 is 0 Å². The van der Waals surface area contributed by atoms with Gasteiger partial charge < -0.3 is 10.7 Å². The molecule has 9 heteroatoms. The van der Waals surface area contributed by atoms with Gasteiger partial charge in [0.15, 0.2) is 0 Å².